The Labute approximate surface area is 152 Å². The fraction of sp³-hybridized carbons (Fsp3) is 0.400. The van der Waals surface area contributed by atoms with Crippen molar-refractivity contribution in [3.8, 4) is 5.75 Å². The quantitative estimate of drug-likeness (QED) is 0.674. The second-order valence-corrected chi connectivity index (χ2v) is 7.55. The van der Waals surface area contributed by atoms with E-state index in [9.17, 15) is 0 Å². The summed E-state index contributed by atoms with van der Waals surface area (Å²) in [5.41, 5.74) is 1.40. The van der Waals surface area contributed by atoms with E-state index in [0.717, 1.165) is 41.8 Å². The molecule has 0 N–H and O–H groups in total. The van der Waals surface area contributed by atoms with Crippen LogP contribution in [-0.2, 0) is 6.42 Å². The number of methoxy groups -OCH3 is 1. The summed E-state index contributed by atoms with van der Waals surface area (Å²) >= 11 is 1.69. The number of aromatic nitrogens is 2. The van der Waals surface area contributed by atoms with Crippen molar-refractivity contribution in [2.24, 2.45) is 5.92 Å². The molecule has 3 heterocycles. The molecule has 0 saturated carbocycles. The maximum Gasteiger partial charge on any atom is 0.140 e. The Kier molecular flexibility index (Phi) is 4.83. The Bertz CT molecular complexity index is 822. The molecule has 130 valence electrons. The molecule has 1 fully saturated rings. The van der Waals surface area contributed by atoms with Crippen molar-refractivity contribution in [2.45, 2.75) is 25.7 Å². The van der Waals surface area contributed by atoms with Gasteiger partial charge in [0.15, 0.2) is 0 Å². The Hall–Kier alpha value is -2.14. The first kappa shape index (κ1) is 16.3. The fourth-order valence-electron chi connectivity index (χ4n) is 3.63. The van der Waals surface area contributed by atoms with E-state index < -0.39 is 0 Å². The first-order chi connectivity index (χ1) is 12.3. The highest BCUT2D eigenvalue weighted by molar-refractivity contribution is 7.16. The average molecular weight is 353 g/mol. The van der Waals surface area contributed by atoms with Gasteiger partial charge < -0.3 is 9.64 Å². The molecular weight excluding hydrogens is 330 g/mol. The lowest BCUT2D eigenvalue weighted by Gasteiger charge is -2.33. The molecule has 1 saturated heterocycles. The maximum absolute atomic E-state index is 5.23. The minimum absolute atomic E-state index is 0.804. The van der Waals surface area contributed by atoms with Gasteiger partial charge in [-0.05, 0) is 60.7 Å². The van der Waals surface area contributed by atoms with Crippen LogP contribution in [0.5, 0.6) is 5.75 Å². The van der Waals surface area contributed by atoms with Crippen molar-refractivity contribution in [3.05, 3.63) is 47.6 Å². The average Bonchev–Trinajstić information content (AvgIpc) is 3.16. The number of aryl methyl sites for hydroxylation is 1. The number of ether oxygens (including phenoxy) is 1. The Morgan fingerprint density at radius 1 is 1.12 bits per heavy atom. The molecule has 0 aliphatic carbocycles. The predicted octanol–water partition coefficient (Wildman–Crippen LogP) is 4.55. The monoisotopic (exact) mass is 353 g/mol. The van der Waals surface area contributed by atoms with Crippen LogP contribution >= 0.6 is 11.3 Å². The van der Waals surface area contributed by atoms with Crippen LogP contribution in [0.15, 0.2) is 42.0 Å². The molecule has 0 spiro atoms. The highest BCUT2D eigenvalue weighted by atomic mass is 32.1. The molecular formula is C20H23N3OS. The molecule has 2 aromatic heterocycles. The van der Waals surface area contributed by atoms with Gasteiger partial charge in [-0.3, -0.25) is 0 Å². The van der Waals surface area contributed by atoms with Gasteiger partial charge in [0.1, 0.15) is 22.7 Å². The van der Waals surface area contributed by atoms with Gasteiger partial charge in [0.05, 0.1) is 12.5 Å². The molecule has 1 aliphatic rings. The van der Waals surface area contributed by atoms with E-state index in [1.165, 1.54) is 30.2 Å². The summed E-state index contributed by atoms with van der Waals surface area (Å²) < 4.78 is 5.23. The Morgan fingerprint density at radius 3 is 2.68 bits per heavy atom. The van der Waals surface area contributed by atoms with Crippen LogP contribution in [-0.4, -0.2) is 30.2 Å². The zero-order chi connectivity index (χ0) is 17.1. The van der Waals surface area contributed by atoms with E-state index >= 15 is 0 Å². The highest BCUT2D eigenvalue weighted by Gasteiger charge is 2.21. The number of fused-ring (bicyclic) bond motifs is 1. The second-order valence-electron chi connectivity index (χ2n) is 6.65. The number of nitrogens with zero attached hydrogens (tertiary/aromatic N) is 3. The highest BCUT2D eigenvalue weighted by Crippen LogP contribution is 2.31. The van der Waals surface area contributed by atoms with Crippen LogP contribution in [0.3, 0.4) is 0 Å². The van der Waals surface area contributed by atoms with Crippen LogP contribution in [0.25, 0.3) is 10.2 Å². The molecule has 0 radical (unpaired) electrons. The zero-order valence-corrected chi connectivity index (χ0v) is 15.3. The van der Waals surface area contributed by atoms with Crippen molar-refractivity contribution in [1.29, 1.82) is 0 Å². The van der Waals surface area contributed by atoms with Gasteiger partial charge in [-0.25, -0.2) is 9.97 Å². The number of anilines is 1. The van der Waals surface area contributed by atoms with Gasteiger partial charge in [0.25, 0.3) is 0 Å². The molecule has 0 atom stereocenters. The zero-order valence-electron chi connectivity index (χ0n) is 14.5. The largest absolute Gasteiger partial charge is 0.497 e. The summed E-state index contributed by atoms with van der Waals surface area (Å²) in [7, 11) is 1.71. The lowest BCUT2D eigenvalue weighted by Crippen LogP contribution is -2.34. The van der Waals surface area contributed by atoms with E-state index in [1.54, 1.807) is 24.8 Å². The topological polar surface area (TPSA) is 38.2 Å². The lowest BCUT2D eigenvalue weighted by molar-refractivity contribution is 0.381. The predicted molar refractivity (Wildman–Crippen MR) is 104 cm³/mol. The summed E-state index contributed by atoms with van der Waals surface area (Å²) in [4.78, 5) is 12.4. The summed E-state index contributed by atoms with van der Waals surface area (Å²) in [5.74, 6) is 2.85. The number of piperidine rings is 1. The molecule has 5 heteroatoms. The number of thiophene rings is 1. The third kappa shape index (κ3) is 3.61. The third-order valence-corrected chi connectivity index (χ3v) is 5.98. The van der Waals surface area contributed by atoms with Crippen molar-refractivity contribution in [2.75, 3.05) is 25.1 Å². The lowest BCUT2D eigenvalue weighted by atomic mass is 9.90. The van der Waals surface area contributed by atoms with E-state index in [0.29, 0.717) is 0 Å². The summed E-state index contributed by atoms with van der Waals surface area (Å²) in [6.07, 6.45) is 6.59. The molecule has 1 aliphatic heterocycles. The first-order valence-corrected chi connectivity index (χ1v) is 9.77. The van der Waals surface area contributed by atoms with E-state index in [2.05, 4.69) is 50.6 Å². The van der Waals surface area contributed by atoms with Gasteiger partial charge >= 0.3 is 0 Å². The van der Waals surface area contributed by atoms with Crippen LogP contribution in [0, 0.1) is 5.92 Å². The molecule has 0 unspecified atom stereocenters. The molecule has 4 nitrogen and oxygen atoms in total. The van der Waals surface area contributed by atoms with Gasteiger partial charge in [0, 0.05) is 13.1 Å². The summed E-state index contributed by atoms with van der Waals surface area (Å²) in [6.45, 7) is 2.18. The van der Waals surface area contributed by atoms with Crippen LogP contribution in [0.2, 0.25) is 0 Å². The van der Waals surface area contributed by atoms with Crippen molar-refractivity contribution in [3.63, 3.8) is 0 Å². The Balaban J connectivity index is 1.33. The van der Waals surface area contributed by atoms with Crippen molar-refractivity contribution in [1.82, 2.24) is 9.97 Å². The van der Waals surface area contributed by atoms with Crippen LogP contribution < -0.4 is 9.64 Å². The molecule has 1 aromatic carbocycles. The van der Waals surface area contributed by atoms with Crippen molar-refractivity contribution >= 4 is 27.4 Å². The second kappa shape index (κ2) is 7.40. The summed E-state index contributed by atoms with van der Waals surface area (Å²) in [6, 6.07) is 10.6. The molecule has 0 bridgehead atoms. The van der Waals surface area contributed by atoms with Crippen molar-refractivity contribution < 1.29 is 4.74 Å². The normalized spacial score (nSPS) is 15.6. The molecule has 25 heavy (non-hydrogen) atoms. The molecule has 0 amide bonds. The third-order valence-electron chi connectivity index (χ3n) is 5.16. The standard InChI is InChI=1S/C20H23N3OS/c1-24-17-6-4-15(5-7-17)2-3-16-8-11-23(12-9-16)19-18-10-13-25-20(18)22-14-21-19/h4-7,10,13-14,16H,2-3,8-9,11-12H2,1H3. The number of rotatable bonds is 5. The fourth-order valence-corrected chi connectivity index (χ4v) is 4.35. The van der Waals surface area contributed by atoms with E-state index in [-0.39, 0.29) is 0 Å². The minimum Gasteiger partial charge on any atom is -0.497 e. The van der Waals surface area contributed by atoms with Gasteiger partial charge in [0.2, 0.25) is 0 Å². The number of hydrogen-bond acceptors (Lipinski definition) is 5. The van der Waals surface area contributed by atoms with Crippen LogP contribution in [0.1, 0.15) is 24.8 Å². The Morgan fingerprint density at radius 2 is 1.92 bits per heavy atom. The maximum atomic E-state index is 5.23. The van der Waals surface area contributed by atoms with Gasteiger partial charge in [-0.1, -0.05) is 12.1 Å². The van der Waals surface area contributed by atoms with E-state index in [4.69, 9.17) is 4.74 Å². The first-order valence-electron chi connectivity index (χ1n) is 8.89. The number of hydrogen-bond donors (Lipinski definition) is 0. The minimum atomic E-state index is 0.804. The smallest absolute Gasteiger partial charge is 0.140 e. The van der Waals surface area contributed by atoms with Crippen LogP contribution in [0.4, 0.5) is 5.82 Å². The van der Waals surface area contributed by atoms with Gasteiger partial charge in [-0.15, -0.1) is 11.3 Å². The molecule has 3 aromatic rings. The number of benzene rings is 1. The molecule has 4 rings (SSSR count). The van der Waals surface area contributed by atoms with E-state index in [1.807, 2.05) is 0 Å². The summed E-state index contributed by atoms with van der Waals surface area (Å²) in [5, 5.41) is 3.30. The van der Waals surface area contributed by atoms with Gasteiger partial charge in [-0.2, -0.15) is 0 Å². The SMILES string of the molecule is COc1ccc(CCC2CCN(c3ncnc4sccc34)CC2)cc1.